The Bertz CT molecular complexity index is 318. The second-order valence-corrected chi connectivity index (χ2v) is 3.03. The van der Waals surface area contributed by atoms with E-state index >= 15 is 0 Å². The van der Waals surface area contributed by atoms with Gasteiger partial charge >= 0.3 is 5.97 Å². The Morgan fingerprint density at radius 2 is 2.33 bits per heavy atom. The van der Waals surface area contributed by atoms with E-state index in [-0.39, 0.29) is 10.7 Å². The lowest BCUT2D eigenvalue weighted by molar-refractivity contribution is 0.0600. The summed E-state index contributed by atoms with van der Waals surface area (Å²) >= 11 is 8.63. The van der Waals surface area contributed by atoms with E-state index < -0.39 is 5.97 Å². The van der Waals surface area contributed by atoms with Crippen LogP contribution in [0.4, 0.5) is 0 Å². The standard InChI is InChI=1S/C6H4BrClN2O2/c1-12-6(11)3-2-4(7)9-10-5(3)8/h2H,1H3. The normalized spacial score (nSPS) is 9.58. The third kappa shape index (κ3) is 1.92. The summed E-state index contributed by atoms with van der Waals surface area (Å²) in [5.74, 6) is -0.532. The molecule has 0 fully saturated rings. The van der Waals surface area contributed by atoms with Gasteiger partial charge in [0.25, 0.3) is 0 Å². The van der Waals surface area contributed by atoms with Crippen LogP contribution < -0.4 is 0 Å². The minimum Gasteiger partial charge on any atom is -0.465 e. The van der Waals surface area contributed by atoms with Crippen LogP contribution in [0.25, 0.3) is 0 Å². The zero-order chi connectivity index (χ0) is 9.14. The average Bonchev–Trinajstić information content (AvgIpc) is 2.08. The number of methoxy groups -OCH3 is 1. The highest BCUT2D eigenvalue weighted by atomic mass is 79.9. The van der Waals surface area contributed by atoms with E-state index in [1.807, 2.05) is 0 Å². The SMILES string of the molecule is COC(=O)c1cc(Br)nnc1Cl. The highest BCUT2D eigenvalue weighted by molar-refractivity contribution is 9.10. The fourth-order valence-electron chi connectivity index (χ4n) is 0.606. The first-order valence-corrected chi connectivity index (χ1v) is 4.09. The summed E-state index contributed by atoms with van der Waals surface area (Å²) in [6, 6.07) is 1.45. The van der Waals surface area contributed by atoms with Crippen molar-refractivity contribution in [3.63, 3.8) is 0 Å². The molecule has 0 aromatic carbocycles. The lowest BCUT2D eigenvalue weighted by atomic mass is 10.3. The van der Waals surface area contributed by atoms with Gasteiger partial charge in [0.15, 0.2) is 5.15 Å². The summed E-state index contributed by atoms with van der Waals surface area (Å²) in [4.78, 5) is 11.0. The van der Waals surface area contributed by atoms with Gasteiger partial charge < -0.3 is 4.74 Å². The third-order valence-corrected chi connectivity index (χ3v) is 1.79. The molecule has 0 spiro atoms. The van der Waals surface area contributed by atoms with E-state index in [9.17, 15) is 4.79 Å². The van der Waals surface area contributed by atoms with Gasteiger partial charge in [-0.2, -0.15) is 0 Å². The number of nitrogens with zero attached hydrogens (tertiary/aromatic N) is 2. The Kier molecular flexibility index (Phi) is 2.99. The molecule has 1 rings (SSSR count). The van der Waals surface area contributed by atoms with Crippen LogP contribution in [0.5, 0.6) is 0 Å². The minimum absolute atomic E-state index is 0.0325. The summed E-state index contributed by atoms with van der Waals surface area (Å²) in [5.41, 5.74) is 0.195. The Hall–Kier alpha value is -0.680. The minimum atomic E-state index is -0.532. The molecule has 0 radical (unpaired) electrons. The maximum Gasteiger partial charge on any atom is 0.341 e. The molecule has 0 saturated heterocycles. The summed E-state index contributed by atoms with van der Waals surface area (Å²) in [5, 5.41) is 7.13. The topological polar surface area (TPSA) is 52.1 Å². The molecule has 0 N–H and O–H groups in total. The van der Waals surface area contributed by atoms with Gasteiger partial charge in [0.1, 0.15) is 10.2 Å². The molecular formula is C6H4BrClN2O2. The van der Waals surface area contributed by atoms with Gasteiger partial charge in [0.2, 0.25) is 0 Å². The highest BCUT2D eigenvalue weighted by Crippen LogP contribution is 2.16. The monoisotopic (exact) mass is 250 g/mol. The Labute approximate surface area is 82.0 Å². The van der Waals surface area contributed by atoms with Crippen molar-refractivity contribution >= 4 is 33.5 Å². The summed E-state index contributed by atoms with van der Waals surface area (Å²) in [7, 11) is 1.27. The summed E-state index contributed by atoms with van der Waals surface area (Å²) in [6.07, 6.45) is 0. The number of halogens is 2. The first-order valence-electron chi connectivity index (χ1n) is 2.92. The van der Waals surface area contributed by atoms with Crippen molar-refractivity contribution in [2.75, 3.05) is 7.11 Å². The first-order chi connectivity index (χ1) is 5.65. The summed E-state index contributed by atoms with van der Waals surface area (Å²) in [6.45, 7) is 0. The number of carbonyl (C=O) groups excluding carboxylic acids is 1. The van der Waals surface area contributed by atoms with Crippen molar-refractivity contribution in [3.05, 3.63) is 21.4 Å². The molecule has 12 heavy (non-hydrogen) atoms. The third-order valence-electron chi connectivity index (χ3n) is 1.12. The average molecular weight is 251 g/mol. The largest absolute Gasteiger partial charge is 0.465 e. The van der Waals surface area contributed by atoms with E-state index in [4.69, 9.17) is 11.6 Å². The first kappa shape index (κ1) is 9.41. The van der Waals surface area contributed by atoms with Crippen LogP contribution in [0.1, 0.15) is 10.4 Å². The second-order valence-electron chi connectivity index (χ2n) is 1.86. The van der Waals surface area contributed by atoms with Crippen LogP contribution in [-0.4, -0.2) is 23.3 Å². The zero-order valence-corrected chi connectivity index (χ0v) is 8.39. The molecule has 64 valence electrons. The lowest BCUT2D eigenvalue weighted by Crippen LogP contribution is -2.04. The van der Waals surface area contributed by atoms with E-state index in [1.54, 1.807) is 0 Å². The van der Waals surface area contributed by atoms with Gasteiger partial charge in [-0.15, -0.1) is 10.2 Å². The lowest BCUT2D eigenvalue weighted by Gasteiger charge is -1.99. The number of hydrogen-bond acceptors (Lipinski definition) is 4. The van der Waals surface area contributed by atoms with E-state index in [1.165, 1.54) is 13.2 Å². The van der Waals surface area contributed by atoms with Gasteiger partial charge in [-0.1, -0.05) is 11.6 Å². The number of aromatic nitrogens is 2. The van der Waals surface area contributed by atoms with Gasteiger partial charge in [0, 0.05) is 0 Å². The van der Waals surface area contributed by atoms with Crippen LogP contribution in [-0.2, 0) is 4.74 Å². The molecule has 0 saturated carbocycles. The fraction of sp³-hybridized carbons (Fsp3) is 0.167. The molecule has 4 nitrogen and oxygen atoms in total. The number of esters is 1. The molecule has 0 bridgehead atoms. The molecule has 0 aliphatic heterocycles. The van der Waals surface area contributed by atoms with Gasteiger partial charge in [-0.25, -0.2) is 4.79 Å². The number of hydrogen-bond donors (Lipinski definition) is 0. The van der Waals surface area contributed by atoms with Crippen molar-refractivity contribution in [3.8, 4) is 0 Å². The van der Waals surface area contributed by atoms with Crippen LogP contribution in [0, 0.1) is 0 Å². The quantitative estimate of drug-likeness (QED) is 0.713. The maximum absolute atomic E-state index is 11.0. The molecule has 0 aliphatic rings. The molecule has 1 aromatic heterocycles. The highest BCUT2D eigenvalue weighted by Gasteiger charge is 2.12. The number of carbonyl (C=O) groups is 1. The van der Waals surface area contributed by atoms with Gasteiger partial charge in [-0.3, -0.25) is 0 Å². The molecule has 6 heteroatoms. The van der Waals surface area contributed by atoms with Crippen molar-refractivity contribution in [2.24, 2.45) is 0 Å². The molecule has 1 aromatic rings. The van der Waals surface area contributed by atoms with E-state index in [0.29, 0.717) is 4.60 Å². The van der Waals surface area contributed by atoms with Gasteiger partial charge in [-0.05, 0) is 22.0 Å². The van der Waals surface area contributed by atoms with Crippen molar-refractivity contribution < 1.29 is 9.53 Å². The van der Waals surface area contributed by atoms with Crippen LogP contribution in [0.3, 0.4) is 0 Å². The van der Waals surface area contributed by atoms with Crippen molar-refractivity contribution in [2.45, 2.75) is 0 Å². The predicted molar refractivity (Wildman–Crippen MR) is 46.1 cm³/mol. The molecular weight excluding hydrogens is 247 g/mol. The fourth-order valence-corrected chi connectivity index (χ4v) is 1.08. The molecule has 0 atom stereocenters. The number of rotatable bonds is 1. The van der Waals surface area contributed by atoms with Gasteiger partial charge in [0.05, 0.1) is 7.11 Å². The molecule has 1 heterocycles. The molecule has 0 amide bonds. The zero-order valence-electron chi connectivity index (χ0n) is 6.04. The van der Waals surface area contributed by atoms with E-state index in [0.717, 1.165) is 0 Å². The maximum atomic E-state index is 11.0. The Morgan fingerprint density at radius 3 is 2.92 bits per heavy atom. The van der Waals surface area contributed by atoms with Crippen molar-refractivity contribution in [1.82, 2.24) is 10.2 Å². The second kappa shape index (κ2) is 3.82. The smallest absolute Gasteiger partial charge is 0.341 e. The van der Waals surface area contributed by atoms with Crippen LogP contribution in [0.2, 0.25) is 5.15 Å². The Balaban J connectivity index is 3.13. The summed E-state index contributed by atoms with van der Waals surface area (Å²) < 4.78 is 4.90. The predicted octanol–water partition coefficient (Wildman–Crippen LogP) is 1.68. The van der Waals surface area contributed by atoms with E-state index in [2.05, 4.69) is 30.9 Å². The van der Waals surface area contributed by atoms with Crippen LogP contribution >= 0.6 is 27.5 Å². The van der Waals surface area contributed by atoms with Crippen LogP contribution in [0.15, 0.2) is 10.7 Å². The van der Waals surface area contributed by atoms with Crippen molar-refractivity contribution in [1.29, 1.82) is 0 Å². The number of ether oxygens (including phenoxy) is 1. The Morgan fingerprint density at radius 1 is 1.67 bits per heavy atom. The molecule has 0 aliphatic carbocycles. The molecule has 0 unspecified atom stereocenters.